The summed E-state index contributed by atoms with van der Waals surface area (Å²) in [6, 6.07) is 7.82. The fraction of sp³-hybridized carbons (Fsp3) is 0.600. The second-order valence-electron chi connectivity index (χ2n) is 6.73. The average Bonchev–Trinajstić information content (AvgIpc) is 2.96. The van der Waals surface area contributed by atoms with Crippen LogP contribution >= 0.6 is 0 Å². The zero-order chi connectivity index (χ0) is 14.5. The Morgan fingerprint density at radius 2 is 1.90 bits per heavy atom. The van der Waals surface area contributed by atoms with Gasteiger partial charge in [-0.05, 0) is 81.0 Å². The summed E-state index contributed by atoms with van der Waals surface area (Å²) < 4.78 is 0. The Bertz CT molecular complexity index is 501. The van der Waals surface area contributed by atoms with Crippen LogP contribution < -0.4 is 5.32 Å². The van der Waals surface area contributed by atoms with Crippen LogP contribution in [0.4, 0.5) is 0 Å². The highest BCUT2D eigenvalue weighted by molar-refractivity contribution is 5.35. The molecule has 0 saturated heterocycles. The molecule has 0 heterocycles. The summed E-state index contributed by atoms with van der Waals surface area (Å²) in [5, 5.41) is 3.71. The summed E-state index contributed by atoms with van der Waals surface area (Å²) in [5.41, 5.74) is 6.42. The zero-order valence-electron chi connectivity index (χ0n) is 13.5. The minimum absolute atomic E-state index is 0.610. The van der Waals surface area contributed by atoms with Gasteiger partial charge in [-0.25, -0.2) is 0 Å². The number of fused-ring (bicyclic) bond motifs is 1. The molecule has 1 nitrogen and oxygen atoms in total. The SMILES string of the molecule is CCNC(CC1=CCCCC1)Cc1ccc2c(c1)CCC2. The monoisotopic (exact) mass is 283 g/mol. The highest BCUT2D eigenvalue weighted by Crippen LogP contribution is 2.25. The molecule has 21 heavy (non-hydrogen) atoms. The van der Waals surface area contributed by atoms with E-state index >= 15 is 0 Å². The van der Waals surface area contributed by atoms with Crippen molar-refractivity contribution in [3.8, 4) is 0 Å². The lowest BCUT2D eigenvalue weighted by Gasteiger charge is -2.22. The molecular formula is C20H29N. The van der Waals surface area contributed by atoms with E-state index in [9.17, 15) is 0 Å². The molecule has 2 aliphatic rings. The van der Waals surface area contributed by atoms with E-state index in [-0.39, 0.29) is 0 Å². The van der Waals surface area contributed by atoms with Crippen LogP contribution in [0.2, 0.25) is 0 Å². The van der Waals surface area contributed by atoms with E-state index in [1.807, 2.05) is 0 Å². The lowest BCUT2D eigenvalue weighted by atomic mass is 9.91. The van der Waals surface area contributed by atoms with E-state index in [0.29, 0.717) is 6.04 Å². The van der Waals surface area contributed by atoms with Crippen LogP contribution in [0.1, 0.15) is 62.1 Å². The molecule has 0 aliphatic heterocycles. The molecule has 114 valence electrons. The third-order valence-corrected chi connectivity index (χ3v) is 5.03. The van der Waals surface area contributed by atoms with Crippen molar-refractivity contribution in [2.24, 2.45) is 0 Å². The largest absolute Gasteiger partial charge is 0.314 e. The lowest BCUT2D eigenvalue weighted by molar-refractivity contribution is 0.504. The van der Waals surface area contributed by atoms with Crippen LogP contribution in [0.3, 0.4) is 0 Å². The van der Waals surface area contributed by atoms with Gasteiger partial charge in [0.25, 0.3) is 0 Å². The molecule has 2 aliphatic carbocycles. The van der Waals surface area contributed by atoms with Gasteiger partial charge >= 0.3 is 0 Å². The van der Waals surface area contributed by atoms with E-state index in [1.165, 1.54) is 63.4 Å². The molecule has 1 unspecified atom stereocenters. The van der Waals surface area contributed by atoms with Crippen molar-refractivity contribution >= 4 is 0 Å². The molecule has 1 aromatic rings. The van der Waals surface area contributed by atoms with E-state index in [2.05, 4.69) is 36.5 Å². The smallest absolute Gasteiger partial charge is 0.0144 e. The number of aryl methyl sites for hydroxylation is 2. The van der Waals surface area contributed by atoms with Crippen molar-refractivity contribution in [2.45, 2.75) is 70.8 Å². The van der Waals surface area contributed by atoms with Crippen LogP contribution in [-0.4, -0.2) is 12.6 Å². The Hall–Kier alpha value is -1.08. The summed E-state index contributed by atoms with van der Waals surface area (Å²) in [5.74, 6) is 0. The number of likely N-dealkylation sites (N-methyl/N-ethyl adjacent to an activating group) is 1. The molecule has 0 amide bonds. The molecule has 0 fully saturated rings. The van der Waals surface area contributed by atoms with Gasteiger partial charge in [0.15, 0.2) is 0 Å². The van der Waals surface area contributed by atoms with Crippen molar-refractivity contribution in [3.05, 3.63) is 46.5 Å². The van der Waals surface area contributed by atoms with E-state index in [4.69, 9.17) is 0 Å². The van der Waals surface area contributed by atoms with Gasteiger partial charge in [0.1, 0.15) is 0 Å². The molecule has 1 atom stereocenters. The first-order chi connectivity index (χ1) is 10.3. The third kappa shape index (κ3) is 3.97. The van der Waals surface area contributed by atoms with E-state index in [1.54, 1.807) is 16.7 Å². The maximum absolute atomic E-state index is 3.71. The van der Waals surface area contributed by atoms with Gasteiger partial charge < -0.3 is 5.32 Å². The van der Waals surface area contributed by atoms with Crippen LogP contribution in [-0.2, 0) is 19.3 Å². The van der Waals surface area contributed by atoms with Gasteiger partial charge in [-0.1, -0.05) is 36.8 Å². The Morgan fingerprint density at radius 3 is 2.71 bits per heavy atom. The summed E-state index contributed by atoms with van der Waals surface area (Å²) >= 11 is 0. The Kier molecular flexibility index (Phi) is 5.13. The van der Waals surface area contributed by atoms with Crippen LogP contribution in [0, 0.1) is 0 Å². The fourth-order valence-electron chi connectivity index (χ4n) is 3.95. The van der Waals surface area contributed by atoms with Gasteiger partial charge in [0, 0.05) is 6.04 Å². The maximum Gasteiger partial charge on any atom is 0.0144 e. The Balaban J connectivity index is 1.65. The standard InChI is InChI=1S/C20H29N/c1-2-21-20(14-16-7-4-3-5-8-16)15-17-11-12-18-9-6-10-19(18)13-17/h7,11-13,20-21H,2-6,8-10,14-15H2,1H3. The van der Waals surface area contributed by atoms with Crippen LogP contribution in [0.5, 0.6) is 0 Å². The summed E-state index contributed by atoms with van der Waals surface area (Å²) in [4.78, 5) is 0. The summed E-state index contributed by atoms with van der Waals surface area (Å²) in [6.45, 7) is 3.30. The topological polar surface area (TPSA) is 12.0 Å². The molecule has 0 bridgehead atoms. The Morgan fingerprint density at radius 1 is 1.00 bits per heavy atom. The summed E-state index contributed by atoms with van der Waals surface area (Å²) in [6.07, 6.45) is 14.3. The van der Waals surface area contributed by atoms with Gasteiger partial charge in [-0.15, -0.1) is 0 Å². The predicted molar refractivity (Wildman–Crippen MR) is 90.8 cm³/mol. The van der Waals surface area contributed by atoms with Crippen LogP contribution in [0.15, 0.2) is 29.8 Å². The Labute approximate surface area is 129 Å². The molecule has 0 aromatic heterocycles. The molecule has 1 heteroatoms. The van der Waals surface area contributed by atoms with Crippen molar-refractivity contribution in [1.29, 1.82) is 0 Å². The van der Waals surface area contributed by atoms with Crippen molar-refractivity contribution in [3.63, 3.8) is 0 Å². The molecular weight excluding hydrogens is 254 g/mol. The number of hydrogen-bond acceptors (Lipinski definition) is 1. The number of benzene rings is 1. The van der Waals surface area contributed by atoms with E-state index < -0.39 is 0 Å². The molecule has 0 saturated carbocycles. The average molecular weight is 283 g/mol. The van der Waals surface area contributed by atoms with Crippen molar-refractivity contribution < 1.29 is 0 Å². The predicted octanol–water partition coefficient (Wildman–Crippen LogP) is 4.59. The number of rotatable bonds is 6. The van der Waals surface area contributed by atoms with E-state index in [0.717, 1.165) is 6.54 Å². The quantitative estimate of drug-likeness (QED) is 0.753. The minimum Gasteiger partial charge on any atom is -0.314 e. The molecule has 1 aromatic carbocycles. The summed E-state index contributed by atoms with van der Waals surface area (Å²) in [7, 11) is 0. The lowest BCUT2D eigenvalue weighted by Crippen LogP contribution is -2.31. The van der Waals surface area contributed by atoms with Gasteiger partial charge in [-0.3, -0.25) is 0 Å². The van der Waals surface area contributed by atoms with Gasteiger partial charge in [0.2, 0.25) is 0 Å². The number of nitrogens with one attached hydrogen (secondary N) is 1. The third-order valence-electron chi connectivity index (χ3n) is 5.03. The van der Waals surface area contributed by atoms with Crippen molar-refractivity contribution in [1.82, 2.24) is 5.32 Å². The zero-order valence-corrected chi connectivity index (χ0v) is 13.5. The second kappa shape index (κ2) is 7.26. The van der Waals surface area contributed by atoms with Crippen LogP contribution in [0.25, 0.3) is 0 Å². The first-order valence-electron chi connectivity index (χ1n) is 8.87. The maximum atomic E-state index is 3.71. The normalized spacial score (nSPS) is 19.2. The second-order valence-corrected chi connectivity index (χ2v) is 6.73. The first kappa shape index (κ1) is 14.8. The number of allylic oxidation sites excluding steroid dienone is 1. The first-order valence-corrected chi connectivity index (χ1v) is 8.87. The van der Waals surface area contributed by atoms with Gasteiger partial charge in [-0.2, -0.15) is 0 Å². The number of hydrogen-bond donors (Lipinski definition) is 1. The molecule has 0 radical (unpaired) electrons. The molecule has 1 N–H and O–H groups in total. The fourth-order valence-corrected chi connectivity index (χ4v) is 3.95. The highest BCUT2D eigenvalue weighted by Gasteiger charge is 2.15. The highest BCUT2D eigenvalue weighted by atomic mass is 14.9. The molecule has 0 spiro atoms. The van der Waals surface area contributed by atoms with Crippen molar-refractivity contribution in [2.75, 3.05) is 6.54 Å². The molecule has 3 rings (SSSR count). The van der Waals surface area contributed by atoms with Gasteiger partial charge in [0.05, 0.1) is 0 Å². The minimum atomic E-state index is 0.610.